The molecule has 3 heterocycles. The number of aromatic nitrogens is 2. The van der Waals surface area contributed by atoms with Crippen molar-refractivity contribution in [3.8, 4) is 0 Å². The Morgan fingerprint density at radius 2 is 2.17 bits per heavy atom. The van der Waals surface area contributed by atoms with Crippen molar-refractivity contribution in [1.29, 1.82) is 0 Å². The van der Waals surface area contributed by atoms with Gasteiger partial charge in [0.1, 0.15) is 0 Å². The van der Waals surface area contributed by atoms with E-state index in [0.717, 1.165) is 11.3 Å². The highest BCUT2D eigenvalue weighted by molar-refractivity contribution is 7.18. The van der Waals surface area contributed by atoms with Crippen molar-refractivity contribution < 1.29 is 9.59 Å². The number of carbonyl (C=O) groups excluding carboxylic acids is 2. The van der Waals surface area contributed by atoms with E-state index >= 15 is 0 Å². The summed E-state index contributed by atoms with van der Waals surface area (Å²) in [6, 6.07) is 4.82. The van der Waals surface area contributed by atoms with Gasteiger partial charge in [-0.1, -0.05) is 11.6 Å². The monoisotopic (exact) mass is 351 g/mol. The quantitative estimate of drug-likeness (QED) is 0.854. The van der Waals surface area contributed by atoms with Gasteiger partial charge in [-0.15, -0.1) is 11.3 Å². The molecular formula is C15H14ClN3O3S. The SMILES string of the molecule is O=C(CCC(=O)N1CCc2n[nH]c(=O)cc2C1)c1ccc(Cl)s1. The Labute approximate surface area is 141 Å². The zero-order valence-electron chi connectivity index (χ0n) is 12.2. The molecule has 0 aliphatic carbocycles. The zero-order chi connectivity index (χ0) is 16.4. The van der Waals surface area contributed by atoms with Crippen LogP contribution in [0.4, 0.5) is 0 Å². The third-order valence-electron chi connectivity index (χ3n) is 3.72. The first kappa shape index (κ1) is 15.9. The molecule has 0 saturated carbocycles. The van der Waals surface area contributed by atoms with Gasteiger partial charge in [-0.25, -0.2) is 5.10 Å². The van der Waals surface area contributed by atoms with Gasteiger partial charge < -0.3 is 4.90 Å². The van der Waals surface area contributed by atoms with Crippen LogP contribution in [-0.2, 0) is 17.8 Å². The molecule has 6 nitrogen and oxygen atoms in total. The van der Waals surface area contributed by atoms with Gasteiger partial charge in [0.15, 0.2) is 5.78 Å². The summed E-state index contributed by atoms with van der Waals surface area (Å²) in [7, 11) is 0. The van der Waals surface area contributed by atoms with E-state index in [1.54, 1.807) is 17.0 Å². The first-order chi connectivity index (χ1) is 11.0. The third-order valence-corrected chi connectivity index (χ3v) is 5.00. The second-order valence-electron chi connectivity index (χ2n) is 5.30. The van der Waals surface area contributed by atoms with E-state index in [1.807, 2.05) is 0 Å². The lowest BCUT2D eigenvalue weighted by molar-refractivity contribution is -0.132. The minimum atomic E-state index is -0.275. The average Bonchev–Trinajstić information content (AvgIpc) is 2.98. The smallest absolute Gasteiger partial charge is 0.264 e. The number of H-pyrrole nitrogens is 1. The van der Waals surface area contributed by atoms with Gasteiger partial charge in [-0.3, -0.25) is 14.4 Å². The maximum Gasteiger partial charge on any atom is 0.264 e. The number of nitrogens with one attached hydrogen (secondary N) is 1. The Kier molecular flexibility index (Phi) is 4.58. The van der Waals surface area contributed by atoms with Gasteiger partial charge in [0.25, 0.3) is 5.56 Å². The second-order valence-corrected chi connectivity index (χ2v) is 7.01. The van der Waals surface area contributed by atoms with Crippen LogP contribution in [0.1, 0.15) is 33.8 Å². The van der Waals surface area contributed by atoms with Crippen LogP contribution in [0, 0.1) is 0 Å². The van der Waals surface area contributed by atoms with Gasteiger partial charge in [-0.2, -0.15) is 5.10 Å². The van der Waals surface area contributed by atoms with Gasteiger partial charge in [0.2, 0.25) is 5.91 Å². The molecule has 120 valence electrons. The molecule has 0 spiro atoms. The molecule has 0 saturated heterocycles. The molecule has 3 rings (SSSR count). The van der Waals surface area contributed by atoms with Crippen LogP contribution in [0.5, 0.6) is 0 Å². The summed E-state index contributed by atoms with van der Waals surface area (Å²) in [4.78, 5) is 37.8. The van der Waals surface area contributed by atoms with E-state index < -0.39 is 0 Å². The molecule has 0 fully saturated rings. The molecule has 1 aliphatic heterocycles. The predicted molar refractivity (Wildman–Crippen MR) is 86.9 cm³/mol. The number of rotatable bonds is 4. The number of ketones is 1. The van der Waals surface area contributed by atoms with Crippen LogP contribution < -0.4 is 5.56 Å². The summed E-state index contributed by atoms with van der Waals surface area (Å²) in [5.74, 6) is -0.169. The van der Waals surface area contributed by atoms with Gasteiger partial charge >= 0.3 is 0 Å². The molecule has 0 unspecified atom stereocenters. The fourth-order valence-corrected chi connectivity index (χ4v) is 3.54. The first-order valence-electron chi connectivity index (χ1n) is 7.17. The zero-order valence-corrected chi connectivity index (χ0v) is 13.7. The van der Waals surface area contributed by atoms with E-state index in [9.17, 15) is 14.4 Å². The van der Waals surface area contributed by atoms with Crippen LogP contribution in [0.2, 0.25) is 4.34 Å². The van der Waals surface area contributed by atoms with Crippen LogP contribution >= 0.6 is 22.9 Å². The summed E-state index contributed by atoms with van der Waals surface area (Å²) >= 11 is 7.03. The van der Waals surface area contributed by atoms with Crippen LogP contribution in [0.15, 0.2) is 23.0 Å². The van der Waals surface area contributed by atoms with E-state index in [1.165, 1.54) is 17.4 Å². The highest BCUT2D eigenvalue weighted by atomic mass is 35.5. The highest BCUT2D eigenvalue weighted by Crippen LogP contribution is 2.23. The fraction of sp³-hybridized carbons (Fsp3) is 0.333. The van der Waals surface area contributed by atoms with E-state index in [0.29, 0.717) is 28.7 Å². The Hall–Kier alpha value is -1.99. The number of Topliss-reactive ketones (excluding diaryl/α,β-unsaturated/α-hetero) is 1. The van der Waals surface area contributed by atoms with E-state index in [-0.39, 0.29) is 30.1 Å². The summed E-state index contributed by atoms with van der Waals surface area (Å²) in [5.41, 5.74) is 1.31. The lowest BCUT2D eigenvalue weighted by Gasteiger charge is -2.27. The topological polar surface area (TPSA) is 83.1 Å². The van der Waals surface area contributed by atoms with Crippen molar-refractivity contribution >= 4 is 34.6 Å². The molecule has 1 aliphatic rings. The van der Waals surface area contributed by atoms with Crippen molar-refractivity contribution in [2.45, 2.75) is 25.8 Å². The number of nitrogens with zero attached hydrogens (tertiary/aromatic N) is 2. The fourth-order valence-electron chi connectivity index (χ4n) is 2.53. The normalized spacial score (nSPS) is 13.7. The number of carbonyl (C=O) groups is 2. The number of fused-ring (bicyclic) bond motifs is 1. The van der Waals surface area contributed by atoms with Gasteiger partial charge in [-0.05, 0) is 12.1 Å². The summed E-state index contributed by atoms with van der Waals surface area (Å²) in [5, 5.41) is 6.39. The number of aromatic amines is 1. The number of halogens is 1. The third kappa shape index (κ3) is 3.68. The molecule has 1 N–H and O–H groups in total. The van der Waals surface area contributed by atoms with Crippen LogP contribution in [0.25, 0.3) is 0 Å². The maximum absolute atomic E-state index is 12.3. The predicted octanol–water partition coefficient (Wildman–Crippen LogP) is 2.03. The molecule has 0 bridgehead atoms. The number of hydrogen-bond acceptors (Lipinski definition) is 5. The van der Waals surface area contributed by atoms with Crippen molar-refractivity contribution in [3.63, 3.8) is 0 Å². The lowest BCUT2D eigenvalue weighted by Crippen LogP contribution is -2.37. The molecule has 2 aromatic rings. The molecule has 2 aromatic heterocycles. The first-order valence-corrected chi connectivity index (χ1v) is 8.36. The maximum atomic E-state index is 12.3. The largest absolute Gasteiger partial charge is 0.338 e. The minimum Gasteiger partial charge on any atom is -0.338 e. The highest BCUT2D eigenvalue weighted by Gasteiger charge is 2.22. The van der Waals surface area contributed by atoms with Crippen LogP contribution in [0.3, 0.4) is 0 Å². The number of thiophene rings is 1. The molecule has 8 heteroatoms. The summed E-state index contributed by atoms with van der Waals surface area (Å²) in [6.45, 7) is 0.911. The Morgan fingerprint density at radius 3 is 2.91 bits per heavy atom. The molecule has 1 amide bonds. The summed E-state index contributed by atoms with van der Waals surface area (Å²) in [6.07, 6.45) is 0.916. The van der Waals surface area contributed by atoms with Crippen molar-refractivity contribution in [2.75, 3.05) is 6.54 Å². The molecule has 0 radical (unpaired) electrons. The Morgan fingerprint density at radius 1 is 1.35 bits per heavy atom. The Balaban J connectivity index is 1.59. The number of hydrogen-bond donors (Lipinski definition) is 1. The van der Waals surface area contributed by atoms with Crippen LogP contribution in [-0.4, -0.2) is 33.3 Å². The van der Waals surface area contributed by atoms with E-state index in [4.69, 9.17) is 11.6 Å². The Bertz CT molecular complexity index is 814. The summed E-state index contributed by atoms with van der Waals surface area (Å²) < 4.78 is 0.560. The molecule has 0 atom stereocenters. The minimum absolute atomic E-state index is 0.0780. The molecule has 23 heavy (non-hydrogen) atoms. The number of amides is 1. The van der Waals surface area contributed by atoms with Crippen molar-refractivity contribution in [3.05, 3.63) is 49.0 Å². The van der Waals surface area contributed by atoms with E-state index in [2.05, 4.69) is 10.2 Å². The van der Waals surface area contributed by atoms with Gasteiger partial charge in [0, 0.05) is 44.0 Å². The average molecular weight is 352 g/mol. The lowest BCUT2D eigenvalue weighted by atomic mass is 10.1. The second kappa shape index (κ2) is 6.64. The van der Waals surface area contributed by atoms with Gasteiger partial charge in [0.05, 0.1) is 14.9 Å². The molecular weight excluding hydrogens is 338 g/mol. The molecule has 0 aromatic carbocycles. The van der Waals surface area contributed by atoms with Crippen molar-refractivity contribution in [2.24, 2.45) is 0 Å². The van der Waals surface area contributed by atoms with Crippen molar-refractivity contribution in [1.82, 2.24) is 15.1 Å². The standard InChI is InChI=1S/C15H14ClN3O3S/c16-13-3-2-12(23-13)11(20)1-4-15(22)19-6-5-10-9(8-19)7-14(21)18-17-10/h2-3,7H,1,4-6,8H2,(H,18,21).